The van der Waals surface area contributed by atoms with E-state index in [1.807, 2.05) is 25.6 Å². The molecule has 162 valence electrons. The standard InChI is InChI=1S/C25H46N2S/c1-10-25(8,20-28-9)24(27(23(6)7)19-17-21(2)3)16-14-12-11-13-15-18-26-22(4)5/h17,19,24,26H,2,4,6,10-16,18,20H2,1,3,5,7-9H3/b19-17-. The largest absolute Gasteiger partial charge is 0.389 e. The predicted molar refractivity (Wildman–Crippen MR) is 132 cm³/mol. The van der Waals surface area contributed by atoms with Gasteiger partial charge in [0, 0.05) is 35.9 Å². The van der Waals surface area contributed by atoms with Crippen molar-refractivity contribution in [3.05, 3.63) is 49.0 Å². The van der Waals surface area contributed by atoms with Crippen LogP contribution in [0.25, 0.3) is 0 Å². The van der Waals surface area contributed by atoms with Gasteiger partial charge in [0.15, 0.2) is 0 Å². The fourth-order valence-corrected chi connectivity index (χ4v) is 4.64. The number of unbranched alkanes of at least 4 members (excludes halogenated alkanes) is 4. The first-order chi connectivity index (χ1) is 13.2. The number of nitrogens with zero attached hydrogens (tertiary/aromatic N) is 1. The van der Waals surface area contributed by atoms with Crippen molar-refractivity contribution in [3.63, 3.8) is 0 Å². The van der Waals surface area contributed by atoms with E-state index in [-0.39, 0.29) is 5.41 Å². The Bertz CT molecular complexity index is 509. The van der Waals surface area contributed by atoms with Crippen LogP contribution in [0.5, 0.6) is 0 Å². The van der Waals surface area contributed by atoms with Crippen molar-refractivity contribution in [2.24, 2.45) is 5.41 Å². The molecular formula is C25H46N2S. The van der Waals surface area contributed by atoms with E-state index in [4.69, 9.17) is 0 Å². The summed E-state index contributed by atoms with van der Waals surface area (Å²) in [5, 5.41) is 3.32. The summed E-state index contributed by atoms with van der Waals surface area (Å²) in [6.45, 7) is 24.2. The van der Waals surface area contributed by atoms with Crippen LogP contribution >= 0.6 is 11.8 Å². The zero-order chi connectivity index (χ0) is 21.6. The van der Waals surface area contributed by atoms with Crippen molar-refractivity contribution in [2.75, 3.05) is 18.6 Å². The molecule has 0 rings (SSSR count). The van der Waals surface area contributed by atoms with E-state index in [0.717, 1.165) is 23.5 Å². The molecular weight excluding hydrogens is 360 g/mol. The minimum absolute atomic E-state index is 0.267. The van der Waals surface area contributed by atoms with E-state index in [0.29, 0.717) is 6.04 Å². The molecule has 0 amide bonds. The first-order valence-electron chi connectivity index (χ1n) is 10.8. The SMILES string of the molecule is C=C(C)/C=C\N(C(=C)C)C(CCCCCCCNC(=C)C)C(C)(CC)CSC. The zero-order valence-corrected chi connectivity index (χ0v) is 20.4. The van der Waals surface area contributed by atoms with Crippen LogP contribution in [-0.4, -0.2) is 29.5 Å². The van der Waals surface area contributed by atoms with Crippen molar-refractivity contribution < 1.29 is 0 Å². The van der Waals surface area contributed by atoms with Gasteiger partial charge in [0.1, 0.15) is 0 Å². The molecule has 0 saturated carbocycles. The molecule has 0 aliphatic carbocycles. The Morgan fingerprint density at radius 1 is 1.07 bits per heavy atom. The summed E-state index contributed by atoms with van der Waals surface area (Å²) in [4.78, 5) is 2.41. The van der Waals surface area contributed by atoms with E-state index in [9.17, 15) is 0 Å². The first kappa shape index (κ1) is 26.9. The predicted octanol–water partition coefficient (Wildman–Crippen LogP) is 7.52. The van der Waals surface area contributed by atoms with Gasteiger partial charge in [-0.1, -0.05) is 64.8 Å². The van der Waals surface area contributed by atoms with Crippen LogP contribution < -0.4 is 5.32 Å². The molecule has 28 heavy (non-hydrogen) atoms. The van der Waals surface area contributed by atoms with Crippen LogP contribution in [0.4, 0.5) is 0 Å². The maximum atomic E-state index is 4.28. The molecule has 0 fully saturated rings. The third kappa shape index (κ3) is 11.0. The second-order valence-corrected chi connectivity index (χ2v) is 9.39. The van der Waals surface area contributed by atoms with Gasteiger partial charge in [-0.3, -0.25) is 0 Å². The highest BCUT2D eigenvalue weighted by atomic mass is 32.2. The number of nitrogens with one attached hydrogen (secondary N) is 1. The summed E-state index contributed by atoms with van der Waals surface area (Å²) < 4.78 is 0. The van der Waals surface area contributed by atoms with Crippen LogP contribution in [0, 0.1) is 5.41 Å². The lowest BCUT2D eigenvalue weighted by molar-refractivity contribution is 0.145. The smallest absolute Gasteiger partial charge is 0.0394 e. The van der Waals surface area contributed by atoms with Crippen molar-refractivity contribution in [2.45, 2.75) is 85.6 Å². The molecule has 0 aliphatic heterocycles. The molecule has 1 N–H and O–H groups in total. The maximum Gasteiger partial charge on any atom is 0.0394 e. The lowest BCUT2D eigenvalue weighted by Gasteiger charge is -2.44. The third-order valence-corrected chi connectivity index (χ3v) is 6.41. The summed E-state index contributed by atoms with van der Waals surface area (Å²) in [6.07, 6.45) is 15.3. The Labute approximate surface area is 180 Å². The van der Waals surface area contributed by atoms with Gasteiger partial charge in [0.05, 0.1) is 0 Å². The van der Waals surface area contributed by atoms with Crippen LogP contribution in [0.1, 0.15) is 79.6 Å². The van der Waals surface area contributed by atoms with Gasteiger partial charge in [-0.2, -0.15) is 11.8 Å². The molecule has 0 aliphatic rings. The fourth-order valence-electron chi connectivity index (χ4n) is 3.59. The van der Waals surface area contributed by atoms with Gasteiger partial charge in [0.2, 0.25) is 0 Å². The van der Waals surface area contributed by atoms with E-state index in [2.05, 4.69) is 69.3 Å². The van der Waals surface area contributed by atoms with Crippen molar-refractivity contribution in [3.8, 4) is 0 Å². The van der Waals surface area contributed by atoms with Crippen molar-refractivity contribution >= 4 is 11.8 Å². The van der Waals surface area contributed by atoms with Gasteiger partial charge in [-0.05, 0) is 57.8 Å². The number of thioether (sulfide) groups is 1. The lowest BCUT2D eigenvalue weighted by Crippen LogP contribution is -2.44. The fraction of sp³-hybridized carbons (Fsp3) is 0.680. The molecule has 0 bridgehead atoms. The monoisotopic (exact) mass is 406 g/mol. The number of hydrogen-bond acceptors (Lipinski definition) is 3. The Kier molecular flexibility index (Phi) is 14.3. The Hall–Kier alpha value is -1.09. The van der Waals surface area contributed by atoms with Crippen molar-refractivity contribution in [1.82, 2.24) is 10.2 Å². The molecule has 2 nitrogen and oxygen atoms in total. The highest BCUT2D eigenvalue weighted by molar-refractivity contribution is 7.98. The average Bonchev–Trinajstić information content (AvgIpc) is 2.61. The first-order valence-corrected chi connectivity index (χ1v) is 12.2. The molecule has 0 saturated heterocycles. The minimum Gasteiger partial charge on any atom is -0.389 e. The zero-order valence-electron chi connectivity index (χ0n) is 19.6. The molecule has 0 spiro atoms. The highest BCUT2D eigenvalue weighted by Crippen LogP contribution is 2.37. The molecule has 0 heterocycles. The van der Waals surface area contributed by atoms with Crippen LogP contribution in [0.15, 0.2) is 49.0 Å². The Morgan fingerprint density at radius 2 is 1.68 bits per heavy atom. The topological polar surface area (TPSA) is 15.3 Å². The van der Waals surface area contributed by atoms with Crippen LogP contribution in [-0.2, 0) is 0 Å². The van der Waals surface area contributed by atoms with E-state index in [1.54, 1.807) is 0 Å². The summed E-state index contributed by atoms with van der Waals surface area (Å²) in [7, 11) is 0. The summed E-state index contributed by atoms with van der Waals surface area (Å²) in [6, 6.07) is 0.475. The van der Waals surface area contributed by atoms with Crippen LogP contribution in [0.3, 0.4) is 0 Å². The molecule has 2 unspecified atom stereocenters. The molecule has 0 aromatic carbocycles. The van der Waals surface area contributed by atoms with Gasteiger partial charge in [-0.15, -0.1) is 0 Å². The molecule has 0 aromatic rings. The quantitative estimate of drug-likeness (QED) is 0.198. The van der Waals surface area contributed by atoms with Crippen LogP contribution in [0.2, 0.25) is 0 Å². The second-order valence-electron chi connectivity index (χ2n) is 8.52. The highest BCUT2D eigenvalue weighted by Gasteiger charge is 2.35. The lowest BCUT2D eigenvalue weighted by atomic mass is 9.78. The molecule has 0 aromatic heterocycles. The number of hydrogen-bond donors (Lipinski definition) is 1. The normalized spacial score (nSPS) is 14.5. The average molecular weight is 407 g/mol. The minimum atomic E-state index is 0.267. The summed E-state index contributed by atoms with van der Waals surface area (Å²) in [5.41, 5.74) is 3.53. The van der Waals surface area contributed by atoms with Gasteiger partial charge < -0.3 is 10.2 Å². The van der Waals surface area contributed by atoms with E-state index < -0.39 is 0 Å². The molecule has 2 atom stereocenters. The number of allylic oxidation sites excluding steroid dienone is 4. The third-order valence-electron chi connectivity index (χ3n) is 5.46. The summed E-state index contributed by atoms with van der Waals surface area (Å²) in [5.74, 6) is 1.17. The second kappa shape index (κ2) is 14.8. The van der Waals surface area contributed by atoms with Crippen molar-refractivity contribution in [1.29, 1.82) is 0 Å². The molecule has 0 radical (unpaired) electrons. The van der Waals surface area contributed by atoms with E-state index >= 15 is 0 Å². The van der Waals surface area contributed by atoms with Gasteiger partial charge in [0.25, 0.3) is 0 Å². The van der Waals surface area contributed by atoms with E-state index in [1.165, 1.54) is 50.7 Å². The Morgan fingerprint density at radius 3 is 2.18 bits per heavy atom. The Balaban J connectivity index is 4.93. The van der Waals surface area contributed by atoms with Gasteiger partial charge >= 0.3 is 0 Å². The van der Waals surface area contributed by atoms with Gasteiger partial charge in [-0.25, -0.2) is 0 Å². The summed E-state index contributed by atoms with van der Waals surface area (Å²) >= 11 is 1.96. The molecule has 3 heteroatoms. The number of rotatable bonds is 17. The maximum absolute atomic E-state index is 4.28.